The Morgan fingerprint density at radius 1 is 0.846 bits per heavy atom. The monoisotopic (exact) mass is 544 g/mol. The number of anilines is 2. The zero-order chi connectivity index (χ0) is 28.0. The third kappa shape index (κ3) is 6.78. The quantitative estimate of drug-likeness (QED) is 0.263. The van der Waals surface area contributed by atoms with Gasteiger partial charge in [-0.1, -0.05) is 42.5 Å². The van der Waals surface area contributed by atoms with E-state index in [0.717, 1.165) is 26.6 Å². The third-order valence-corrected chi connectivity index (χ3v) is 8.13. The number of amides is 1. The lowest BCUT2D eigenvalue weighted by atomic mass is 10.1. The van der Waals surface area contributed by atoms with Crippen molar-refractivity contribution in [2.75, 3.05) is 23.3 Å². The van der Waals surface area contributed by atoms with Gasteiger partial charge in [0.15, 0.2) is 0 Å². The molecule has 0 fully saturated rings. The van der Waals surface area contributed by atoms with Gasteiger partial charge < -0.3 is 14.8 Å². The molecule has 0 saturated carbocycles. The van der Waals surface area contributed by atoms with Crippen LogP contribution in [-0.2, 0) is 21.4 Å². The van der Waals surface area contributed by atoms with Crippen molar-refractivity contribution in [2.24, 2.45) is 0 Å². The van der Waals surface area contributed by atoms with Crippen molar-refractivity contribution in [3.8, 4) is 11.5 Å². The van der Waals surface area contributed by atoms with Crippen LogP contribution in [0.1, 0.15) is 22.3 Å². The Balaban J connectivity index is 1.55. The molecule has 0 bridgehead atoms. The molecule has 0 radical (unpaired) electrons. The Bertz CT molecular complexity index is 1550. The molecule has 0 aliphatic rings. The second kappa shape index (κ2) is 12.0. The first-order valence-electron chi connectivity index (χ1n) is 12.5. The molecule has 0 unspecified atom stereocenters. The van der Waals surface area contributed by atoms with Crippen LogP contribution in [0.2, 0.25) is 0 Å². The van der Waals surface area contributed by atoms with E-state index in [2.05, 4.69) is 5.32 Å². The number of methoxy groups -OCH3 is 1. The average Bonchev–Trinajstić information content (AvgIpc) is 2.93. The van der Waals surface area contributed by atoms with E-state index in [1.165, 1.54) is 7.11 Å². The van der Waals surface area contributed by atoms with Gasteiger partial charge in [0.05, 0.1) is 12.8 Å². The minimum atomic E-state index is -4.15. The summed E-state index contributed by atoms with van der Waals surface area (Å²) in [5.74, 6) is 0.380. The molecular formula is C31H32N2O5S. The highest BCUT2D eigenvalue weighted by Gasteiger charge is 2.30. The smallest absolute Gasteiger partial charge is 0.268 e. The number of hydrogen-bond donors (Lipinski definition) is 1. The lowest BCUT2D eigenvalue weighted by Gasteiger charge is -2.26. The predicted molar refractivity (Wildman–Crippen MR) is 154 cm³/mol. The number of aryl methyl sites for hydroxylation is 3. The van der Waals surface area contributed by atoms with Crippen molar-refractivity contribution in [3.05, 3.63) is 113 Å². The van der Waals surface area contributed by atoms with Crippen LogP contribution in [0.15, 0.2) is 95.9 Å². The van der Waals surface area contributed by atoms with E-state index in [1.54, 1.807) is 61.5 Å². The van der Waals surface area contributed by atoms with E-state index in [4.69, 9.17) is 9.47 Å². The number of nitrogens with one attached hydrogen (secondary N) is 1. The van der Waals surface area contributed by atoms with Crippen LogP contribution in [-0.4, -0.2) is 28.0 Å². The summed E-state index contributed by atoms with van der Waals surface area (Å²) in [6.45, 7) is 5.66. The molecule has 0 aromatic heterocycles. The molecule has 0 aliphatic heterocycles. The summed E-state index contributed by atoms with van der Waals surface area (Å²) in [7, 11) is -2.73. The maximum Gasteiger partial charge on any atom is 0.268 e. The van der Waals surface area contributed by atoms with Gasteiger partial charge in [0.25, 0.3) is 10.0 Å². The molecular weight excluding hydrogens is 512 g/mol. The highest BCUT2D eigenvalue weighted by molar-refractivity contribution is 7.93. The fraction of sp³-hybridized carbons (Fsp3) is 0.194. The zero-order valence-electron chi connectivity index (χ0n) is 22.5. The van der Waals surface area contributed by atoms with Gasteiger partial charge in [0.2, 0.25) is 5.91 Å². The molecule has 4 aromatic carbocycles. The van der Waals surface area contributed by atoms with E-state index < -0.39 is 22.5 Å². The molecule has 7 nitrogen and oxygen atoms in total. The maximum absolute atomic E-state index is 13.9. The Labute approximate surface area is 230 Å². The molecule has 0 saturated heterocycles. The lowest BCUT2D eigenvalue weighted by Crippen LogP contribution is -2.38. The fourth-order valence-electron chi connectivity index (χ4n) is 4.01. The fourth-order valence-corrected chi connectivity index (χ4v) is 5.66. The van der Waals surface area contributed by atoms with E-state index in [9.17, 15) is 13.2 Å². The second-order valence-corrected chi connectivity index (χ2v) is 11.1. The van der Waals surface area contributed by atoms with Crippen molar-refractivity contribution in [1.29, 1.82) is 0 Å². The Morgan fingerprint density at radius 3 is 2.23 bits per heavy atom. The summed E-state index contributed by atoms with van der Waals surface area (Å²) in [6.07, 6.45) is 0. The summed E-state index contributed by atoms with van der Waals surface area (Å²) >= 11 is 0. The van der Waals surface area contributed by atoms with Gasteiger partial charge in [-0.15, -0.1) is 0 Å². The molecule has 0 spiro atoms. The van der Waals surface area contributed by atoms with Gasteiger partial charge >= 0.3 is 0 Å². The molecule has 202 valence electrons. The molecule has 8 heteroatoms. The molecule has 0 atom stereocenters. The first-order chi connectivity index (χ1) is 18.7. The molecule has 39 heavy (non-hydrogen) atoms. The minimum Gasteiger partial charge on any atom is -0.495 e. The molecule has 1 amide bonds. The highest BCUT2D eigenvalue weighted by atomic mass is 32.2. The molecule has 4 rings (SSSR count). The standard InChI is InChI=1S/C31H32N2O5S/c1-22-10-17-29(37-4)30(18-22)39(35,36)33(27-14-11-23(2)24(3)19-27)20-31(34)32-26-12-15-28(16-13-26)38-21-25-8-6-5-7-9-25/h5-19H,20-21H2,1-4H3,(H,32,34). The first-order valence-corrected chi connectivity index (χ1v) is 13.9. The lowest BCUT2D eigenvalue weighted by molar-refractivity contribution is -0.114. The largest absolute Gasteiger partial charge is 0.495 e. The van der Waals surface area contributed by atoms with Gasteiger partial charge in [-0.3, -0.25) is 9.10 Å². The predicted octanol–water partition coefficient (Wildman–Crippen LogP) is 6.03. The Hall–Kier alpha value is -4.30. The van der Waals surface area contributed by atoms with Crippen molar-refractivity contribution in [1.82, 2.24) is 0 Å². The average molecular weight is 545 g/mol. The van der Waals surface area contributed by atoms with Crippen molar-refractivity contribution >= 4 is 27.3 Å². The van der Waals surface area contributed by atoms with Crippen LogP contribution >= 0.6 is 0 Å². The number of sulfonamides is 1. The van der Waals surface area contributed by atoms with Crippen LogP contribution in [0.4, 0.5) is 11.4 Å². The van der Waals surface area contributed by atoms with Crippen molar-refractivity contribution in [2.45, 2.75) is 32.3 Å². The maximum atomic E-state index is 13.9. The van der Waals surface area contributed by atoms with Crippen molar-refractivity contribution < 1.29 is 22.7 Å². The van der Waals surface area contributed by atoms with E-state index in [0.29, 0.717) is 23.7 Å². The third-order valence-electron chi connectivity index (χ3n) is 6.34. The number of rotatable bonds is 10. The van der Waals surface area contributed by atoms with Gasteiger partial charge in [-0.25, -0.2) is 8.42 Å². The number of nitrogens with zero attached hydrogens (tertiary/aromatic N) is 1. The number of benzene rings is 4. The van der Waals surface area contributed by atoms with Gasteiger partial charge in [0.1, 0.15) is 29.5 Å². The first kappa shape index (κ1) is 27.7. The molecule has 0 aliphatic carbocycles. The van der Waals surface area contributed by atoms with Crippen molar-refractivity contribution in [3.63, 3.8) is 0 Å². The number of ether oxygens (including phenoxy) is 2. The summed E-state index contributed by atoms with van der Waals surface area (Å²) in [5.41, 5.74) is 4.65. The SMILES string of the molecule is COc1ccc(C)cc1S(=O)(=O)N(CC(=O)Nc1ccc(OCc2ccccc2)cc1)c1ccc(C)c(C)c1. The summed E-state index contributed by atoms with van der Waals surface area (Å²) in [5, 5.41) is 2.80. The van der Waals surface area contributed by atoms with Crippen LogP contribution in [0.5, 0.6) is 11.5 Å². The number of hydrogen-bond acceptors (Lipinski definition) is 5. The van der Waals surface area contributed by atoms with Gasteiger partial charge in [-0.2, -0.15) is 0 Å². The van der Waals surface area contributed by atoms with Crippen LogP contribution in [0.3, 0.4) is 0 Å². The molecule has 0 heterocycles. The second-order valence-electron chi connectivity index (χ2n) is 9.28. The van der Waals surface area contributed by atoms with E-state index >= 15 is 0 Å². The van der Waals surface area contributed by atoms with Crippen LogP contribution in [0.25, 0.3) is 0 Å². The Morgan fingerprint density at radius 2 is 1.56 bits per heavy atom. The normalized spacial score (nSPS) is 11.1. The van der Waals surface area contributed by atoms with Crippen LogP contribution in [0, 0.1) is 20.8 Å². The number of carbonyl (C=O) groups excluding carboxylic acids is 1. The topological polar surface area (TPSA) is 84.9 Å². The zero-order valence-corrected chi connectivity index (χ0v) is 23.3. The molecule has 4 aromatic rings. The molecule has 1 N–H and O–H groups in total. The number of carbonyl (C=O) groups is 1. The summed E-state index contributed by atoms with van der Waals surface area (Å²) in [6, 6.07) is 27.0. The van der Waals surface area contributed by atoms with Crippen LogP contribution < -0.4 is 19.1 Å². The minimum absolute atomic E-state index is 0.00375. The van der Waals surface area contributed by atoms with E-state index in [-0.39, 0.29) is 10.6 Å². The van der Waals surface area contributed by atoms with E-state index in [1.807, 2.05) is 50.2 Å². The Kier molecular flexibility index (Phi) is 8.56. The summed E-state index contributed by atoms with van der Waals surface area (Å²) in [4.78, 5) is 13.2. The highest BCUT2D eigenvalue weighted by Crippen LogP contribution is 2.32. The summed E-state index contributed by atoms with van der Waals surface area (Å²) < 4.78 is 40.1. The van der Waals surface area contributed by atoms with Gasteiger partial charge in [0, 0.05) is 5.69 Å². The van der Waals surface area contributed by atoms with Gasteiger partial charge in [-0.05, 0) is 91.6 Å².